The Morgan fingerprint density at radius 1 is 1.05 bits per heavy atom. The lowest BCUT2D eigenvalue weighted by atomic mass is 9.72. The Bertz CT molecular complexity index is 424. The predicted molar refractivity (Wildman–Crippen MR) is 81.1 cm³/mol. The molecule has 1 N–H and O–H groups in total. The van der Waals surface area contributed by atoms with E-state index in [1.165, 1.54) is 44.2 Å². The first-order valence-electron chi connectivity index (χ1n) is 8.18. The van der Waals surface area contributed by atoms with E-state index in [2.05, 4.69) is 12.2 Å². The summed E-state index contributed by atoms with van der Waals surface area (Å²) in [6.45, 7) is 3.56. The second-order valence-corrected chi connectivity index (χ2v) is 6.95. The number of rotatable bonds is 5. The van der Waals surface area contributed by atoms with E-state index in [-0.39, 0.29) is 5.82 Å². The second kappa shape index (κ2) is 6.26. The monoisotopic (exact) mass is 275 g/mol. The third-order valence-corrected chi connectivity index (χ3v) is 5.06. The van der Waals surface area contributed by atoms with Crippen molar-refractivity contribution >= 4 is 0 Å². The van der Waals surface area contributed by atoms with Crippen LogP contribution in [-0.4, -0.2) is 12.6 Å². The van der Waals surface area contributed by atoms with Crippen LogP contribution in [0.25, 0.3) is 0 Å². The zero-order chi connectivity index (χ0) is 13.9. The molecule has 1 nitrogen and oxygen atoms in total. The van der Waals surface area contributed by atoms with Crippen LogP contribution in [0, 0.1) is 23.6 Å². The summed E-state index contributed by atoms with van der Waals surface area (Å²) < 4.78 is 13.0. The Labute approximate surface area is 122 Å². The maximum Gasteiger partial charge on any atom is 0.123 e. The molecule has 2 aliphatic rings. The normalized spacial score (nSPS) is 30.4. The van der Waals surface area contributed by atoms with Gasteiger partial charge in [0.05, 0.1) is 0 Å². The van der Waals surface area contributed by atoms with Crippen molar-refractivity contribution in [2.24, 2.45) is 17.8 Å². The first kappa shape index (κ1) is 14.1. The molecule has 0 spiro atoms. The average Bonchev–Trinajstić information content (AvgIpc) is 3.25. The highest BCUT2D eigenvalue weighted by Gasteiger charge is 2.30. The van der Waals surface area contributed by atoms with Crippen LogP contribution in [0.15, 0.2) is 24.3 Å². The van der Waals surface area contributed by atoms with Crippen molar-refractivity contribution in [2.75, 3.05) is 6.54 Å². The predicted octanol–water partition coefficient (Wildman–Crippen LogP) is 4.17. The third-order valence-electron chi connectivity index (χ3n) is 5.06. The fourth-order valence-electron chi connectivity index (χ4n) is 3.61. The first-order valence-corrected chi connectivity index (χ1v) is 8.18. The molecule has 2 saturated carbocycles. The van der Waals surface area contributed by atoms with Gasteiger partial charge in [-0.1, -0.05) is 25.5 Å². The van der Waals surface area contributed by atoms with E-state index in [1.54, 1.807) is 12.1 Å². The summed E-state index contributed by atoms with van der Waals surface area (Å²) >= 11 is 0. The van der Waals surface area contributed by atoms with E-state index >= 15 is 0 Å². The number of hydrogen-bond acceptors (Lipinski definition) is 1. The van der Waals surface area contributed by atoms with Gasteiger partial charge >= 0.3 is 0 Å². The summed E-state index contributed by atoms with van der Waals surface area (Å²) in [5, 5.41) is 3.71. The van der Waals surface area contributed by atoms with E-state index in [9.17, 15) is 4.39 Å². The fraction of sp³-hybridized carbons (Fsp3) is 0.667. The molecule has 0 bridgehead atoms. The van der Waals surface area contributed by atoms with Crippen molar-refractivity contribution in [1.29, 1.82) is 0 Å². The molecule has 0 aliphatic heterocycles. The van der Waals surface area contributed by atoms with Gasteiger partial charge < -0.3 is 5.32 Å². The van der Waals surface area contributed by atoms with Gasteiger partial charge in [0.1, 0.15) is 5.82 Å². The second-order valence-electron chi connectivity index (χ2n) is 6.95. The van der Waals surface area contributed by atoms with Gasteiger partial charge in [0.2, 0.25) is 0 Å². The van der Waals surface area contributed by atoms with Gasteiger partial charge in [-0.25, -0.2) is 4.39 Å². The largest absolute Gasteiger partial charge is 0.314 e. The zero-order valence-electron chi connectivity index (χ0n) is 12.4. The molecule has 2 aliphatic carbocycles. The summed E-state index contributed by atoms with van der Waals surface area (Å²) in [7, 11) is 0. The van der Waals surface area contributed by atoms with E-state index in [0.29, 0.717) is 0 Å². The maximum absolute atomic E-state index is 13.0. The maximum atomic E-state index is 13.0. The van der Waals surface area contributed by atoms with Crippen molar-refractivity contribution in [2.45, 2.75) is 51.5 Å². The van der Waals surface area contributed by atoms with Gasteiger partial charge in [-0.3, -0.25) is 0 Å². The molecule has 0 saturated heterocycles. The number of benzene rings is 1. The molecule has 1 aromatic carbocycles. The molecular formula is C18H26FN. The highest BCUT2D eigenvalue weighted by Crippen LogP contribution is 2.36. The fourth-order valence-corrected chi connectivity index (χ4v) is 3.61. The van der Waals surface area contributed by atoms with E-state index in [4.69, 9.17) is 0 Å². The number of halogens is 1. The molecule has 20 heavy (non-hydrogen) atoms. The van der Waals surface area contributed by atoms with Gasteiger partial charge in [0, 0.05) is 6.04 Å². The Hall–Kier alpha value is -0.890. The average molecular weight is 275 g/mol. The van der Waals surface area contributed by atoms with Crippen LogP contribution < -0.4 is 5.32 Å². The van der Waals surface area contributed by atoms with Crippen LogP contribution in [0.5, 0.6) is 0 Å². The Morgan fingerprint density at radius 3 is 2.50 bits per heavy atom. The van der Waals surface area contributed by atoms with Crippen LogP contribution >= 0.6 is 0 Å². The smallest absolute Gasteiger partial charge is 0.123 e. The van der Waals surface area contributed by atoms with Crippen molar-refractivity contribution in [1.82, 2.24) is 5.32 Å². The van der Waals surface area contributed by atoms with Crippen molar-refractivity contribution in [3.63, 3.8) is 0 Å². The standard InChI is InChI=1S/C18H26FN/c1-13-2-5-15(12-20-18-8-9-18)16(10-13)11-14-3-6-17(19)7-4-14/h3-4,6-7,13,15-16,18,20H,2,5,8-12H2,1H3. The molecule has 0 radical (unpaired) electrons. The molecule has 2 heteroatoms. The minimum atomic E-state index is -0.127. The van der Waals surface area contributed by atoms with Crippen molar-refractivity contribution in [3.8, 4) is 0 Å². The lowest BCUT2D eigenvalue weighted by Crippen LogP contribution is -2.34. The Morgan fingerprint density at radius 2 is 1.80 bits per heavy atom. The van der Waals surface area contributed by atoms with E-state index in [0.717, 1.165) is 30.2 Å². The lowest BCUT2D eigenvalue weighted by Gasteiger charge is -2.35. The third kappa shape index (κ3) is 3.82. The van der Waals surface area contributed by atoms with Crippen LogP contribution in [0.2, 0.25) is 0 Å². The molecule has 110 valence electrons. The van der Waals surface area contributed by atoms with Gasteiger partial charge in [0.25, 0.3) is 0 Å². The van der Waals surface area contributed by atoms with Crippen LogP contribution in [0.3, 0.4) is 0 Å². The lowest BCUT2D eigenvalue weighted by molar-refractivity contribution is 0.183. The molecule has 0 aromatic heterocycles. The quantitative estimate of drug-likeness (QED) is 0.850. The van der Waals surface area contributed by atoms with Crippen LogP contribution in [0.4, 0.5) is 4.39 Å². The summed E-state index contributed by atoms with van der Waals surface area (Å²) in [6, 6.07) is 7.92. The van der Waals surface area contributed by atoms with Crippen LogP contribution in [-0.2, 0) is 6.42 Å². The number of nitrogens with one attached hydrogen (secondary N) is 1. The molecular weight excluding hydrogens is 249 g/mol. The van der Waals surface area contributed by atoms with Gasteiger partial charge in [-0.05, 0) is 74.1 Å². The van der Waals surface area contributed by atoms with E-state index in [1.807, 2.05) is 12.1 Å². The zero-order valence-corrected chi connectivity index (χ0v) is 12.4. The van der Waals surface area contributed by atoms with Crippen LogP contribution in [0.1, 0.15) is 44.6 Å². The summed E-state index contributed by atoms with van der Waals surface area (Å²) in [4.78, 5) is 0. The summed E-state index contributed by atoms with van der Waals surface area (Å²) in [5.74, 6) is 2.28. The molecule has 3 atom stereocenters. The Balaban J connectivity index is 1.60. The number of hydrogen-bond donors (Lipinski definition) is 1. The molecule has 2 fully saturated rings. The first-order chi connectivity index (χ1) is 9.70. The van der Waals surface area contributed by atoms with Gasteiger partial charge in [-0.15, -0.1) is 0 Å². The minimum absolute atomic E-state index is 0.127. The van der Waals surface area contributed by atoms with E-state index < -0.39 is 0 Å². The molecule has 3 rings (SSSR count). The van der Waals surface area contributed by atoms with Crippen molar-refractivity contribution < 1.29 is 4.39 Å². The minimum Gasteiger partial charge on any atom is -0.314 e. The molecule has 1 aromatic rings. The SMILES string of the molecule is CC1CCC(CNC2CC2)C(Cc2ccc(F)cc2)C1. The van der Waals surface area contributed by atoms with Crippen molar-refractivity contribution in [3.05, 3.63) is 35.6 Å². The Kier molecular flexibility index (Phi) is 4.40. The highest BCUT2D eigenvalue weighted by molar-refractivity contribution is 5.17. The highest BCUT2D eigenvalue weighted by atomic mass is 19.1. The molecule has 3 unspecified atom stereocenters. The van der Waals surface area contributed by atoms with Gasteiger partial charge in [-0.2, -0.15) is 0 Å². The summed E-state index contributed by atoms with van der Waals surface area (Å²) in [5.41, 5.74) is 1.29. The summed E-state index contributed by atoms with van der Waals surface area (Å²) in [6.07, 6.45) is 7.90. The topological polar surface area (TPSA) is 12.0 Å². The van der Waals surface area contributed by atoms with Gasteiger partial charge in [0.15, 0.2) is 0 Å². The molecule has 0 amide bonds. The molecule has 0 heterocycles.